The molecule has 13 heteroatoms. The van der Waals surface area contributed by atoms with Crippen molar-refractivity contribution in [3.63, 3.8) is 0 Å². The minimum atomic E-state index is -3.20. The molecule has 0 unspecified atom stereocenters. The molecule has 0 spiro atoms. The van der Waals surface area contributed by atoms with Gasteiger partial charge in [-0.3, -0.25) is 9.13 Å². The zero-order chi connectivity index (χ0) is 38.7. The predicted molar refractivity (Wildman–Crippen MR) is 225 cm³/mol. The SMILES string of the molecule is COC1=N[C@H](C(C)C)C(OC)=N[C@H]1CC=CCP(=O)(OC1CCCCC1)OC1CCCCC1.O=P(CC=CCBr)(OC1CCCCC1)OC1CCCCC1. The Kier molecular flexibility index (Phi) is 21.1. The number of nitrogens with zero attached hydrogens (tertiary/aromatic N) is 2. The molecule has 4 aliphatic carbocycles. The quantitative estimate of drug-likeness (QED) is 0.0856. The molecule has 0 saturated heterocycles. The Bertz CT molecular complexity index is 1240. The summed E-state index contributed by atoms with van der Waals surface area (Å²) < 4.78 is 62.2. The molecule has 4 fully saturated rings. The van der Waals surface area contributed by atoms with Crippen LogP contribution in [-0.4, -0.2) is 80.2 Å². The van der Waals surface area contributed by atoms with Gasteiger partial charge in [0.2, 0.25) is 11.8 Å². The lowest BCUT2D eigenvalue weighted by Crippen LogP contribution is -2.37. The maximum Gasteiger partial charge on any atom is 0.334 e. The lowest BCUT2D eigenvalue weighted by molar-refractivity contribution is 0.0795. The molecule has 0 aromatic rings. The summed E-state index contributed by atoms with van der Waals surface area (Å²) >= 11 is 3.36. The topological polar surface area (TPSA) is 114 Å². The van der Waals surface area contributed by atoms with Crippen LogP contribution in [0.5, 0.6) is 0 Å². The van der Waals surface area contributed by atoms with E-state index in [9.17, 15) is 9.13 Å². The number of methoxy groups -OCH3 is 2. The van der Waals surface area contributed by atoms with E-state index in [2.05, 4.69) is 29.8 Å². The molecule has 310 valence electrons. The molecule has 0 amide bonds. The maximum atomic E-state index is 13.7. The molecular formula is C41H71BrN2O8P2. The molecule has 1 aliphatic heterocycles. The minimum absolute atomic E-state index is 0.0500. The van der Waals surface area contributed by atoms with Gasteiger partial charge in [-0.2, -0.15) is 0 Å². The molecular weight excluding hydrogens is 790 g/mol. The lowest BCUT2D eigenvalue weighted by atomic mass is 9.98. The van der Waals surface area contributed by atoms with Crippen molar-refractivity contribution in [1.82, 2.24) is 0 Å². The van der Waals surface area contributed by atoms with Gasteiger partial charge in [-0.05, 0) is 63.7 Å². The van der Waals surface area contributed by atoms with Crippen molar-refractivity contribution >= 4 is 42.9 Å². The highest BCUT2D eigenvalue weighted by molar-refractivity contribution is 9.09. The van der Waals surface area contributed by atoms with Gasteiger partial charge in [0.25, 0.3) is 0 Å². The summed E-state index contributed by atoms with van der Waals surface area (Å²) in [6.07, 6.45) is 31.8. The van der Waals surface area contributed by atoms with Crippen LogP contribution in [0.3, 0.4) is 0 Å². The molecule has 0 N–H and O–H groups in total. The van der Waals surface area contributed by atoms with Crippen LogP contribution in [0.15, 0.2) is 34.3 Å². The molecule has 0 radical (unpaired) electrons. The van der Waals surface area contributed by atoms with Crippen LogP contribution in [0, 0.1) is 5.92 Å². The maximum absolute atomic E-state index is 13.7. The first-order valence-corrected chi connectivity index (χ1v) is 25.7. The van der Waals surface area contributed by atoms with Crippen LogP contribution in [0.2, 0.25) is 0 Å². The van der Waals surface area contributed by atoms with Gasteiger partial charge in [0.05, 0.1) is 51.0 Å². The summed E-state index contributed by atoms with van der Waals surface area (Å²) in [7, 11) is -2.93. The molecule has 0 aromatic heterocycles. The van der Waals surface area contributed by atoms with E-state index in [-0.39, 0.29) is 42.4 Å². The van der Waals surface area contributed by atoms with Gasteiger partial charge in [0.1, 0.15) is 12.1 Å². The van der Waals surface area contributed by atoms with Gasteiger partial charge in [-0.15, -0.1) is 0 Å². The fraction of sp³-hybridized carbons (Fsp3) is 0.854. The Morgan fingerprint density at radius 2 is 0.944 bits per heavy atom. The van der Waals surface area contributed by atoms with E-state index < -0.39 is 15.2 Å². The van der Waals surface area contributed by atoms with Crippen molar-refractivity contribution < 1.29 is 36.7 Å². The summed E-state index contributed by atoms with van der Waals surface area (Å²) in [4.78, 5) is 9.45. The molecule has 0 aromatic carbocycles. The third kappa shape index (κ3) is 16.2. The van der Waals surface area contributed by atoms with Crippen LogP contribution >= 0.6 is 31.1 Å². The van der Waals surface area contributed by atoms with Crippen LogP contribution < -0.4 is 0 Å². The van der Waals surface area contributed by atoms with Gasteiger partial charge in [-0.1, -0.05) is 131 Å². The third-order valence-corrected chi connectivity index (χ3v) is 15.2. The molecule has 0 bridgehead atoms. The molecule has 4 saturated carbocycles. The number of alkyl halides is 1. The van der Waals surface area contributed by atoms with Crippen molar-refractivity contribution in [2.75, 3.05) is 31.9 Å². The summed E-state index contributed by atoms with van der Waals surface area (Å²) in [5, 5.41) is 0.778. The number of hydrogen-bond donors (Lipinski definition) is 0. The Morgan fingerprint density at radius 3 is 1.28 bits per heavy atom. The van der Waals surface area contributed by atoms with Gasteiger partial charge < -0.3 is 27.6 Å². The normalized spacial score (nSPS) is 24.7. The van der Waals surface area contributed by atoms with Crippen molar-refractivity contribution in [2.45, 2.75) is 185 Å². The predicted octanol–water partition coefficient (Wildman–Crippen LogP) is 12.2. The first kappa shape index (κ1) is 45.9. The van der Waals surface area contributed by atoms with Gasteiger partial charge in [0.15, 0.2) is 0 Å². The number of ether oxygens (including phenoxy) is 2. The second-order valence-electron chi connectivity index (χ2n) is 15.9. The Balaban J connectivity index is 0.000000266. The lowest BCUT2D eigenvalue weighted by Gasteiger charge is -2.31. The zero-order valence-electron chi connectivity index (χ0n) is 33.8. The van der Waals surface area contributed by atoms with Crippen molar-refractivity contribution in [3.8, 4) is 0 Å². The van der Waals surface area contributed by atoms with Crippen LogP contribution in [0.1, 0.15) is 149 Å². The summed E-state index contributed by atoms with van der Waals surface area (Å²) in [5.74, 6) is 1.51. The number of rotatable bonds is 16. The Hall–Kier alpha value is -0.800. The second-order valence-corrected chi connectivity index (χ2v) is 20.6. The number of allylic oxidation sites excluding steroid dienone is 3. The average Bonchev–Trinajstić information content (AvgIpc) is 3.18. The fourth-order valence-corrected chi connectivity index (χ4v) is 12.2. The number of aliphatic imine (C=N–C) groups is 2. The van der Waals surface area contributed by atoms with E-state index in [1.807, 2.05) is 24.3 Å². The van der Waals surface area contributed by atoms with Crippen molar-refractivity contribution in [2.24, 2.45) is 15.9 Å². The first-order chi connectivity index (χ1) is 26.2. The molecule has 5 aliphatic rings. The van der Waals surface area contributed by atoms with E-state index in [4.69, 9.17) is 37.6 Å². The van der Waals surface area contributed by atoms with E-state index in [0.29, 0.717) is 30.5 Å². The zero-order valence-corrected chi connectivity index (χ0v) is 37.1. The highest BCUT2D eigenvalue weighted by atomic mass is 79.9. The number of halogens is 1. The van der Waals surface area contributed by atoms with E-state index in [1.54, 1.807) is 14.2 Å². The van der Waals surface area contributed by atoms with Gasteiger partial charge >= 0.3 is 15.2 Å². The van der Waals surface area contributed by atoms with Crippen LogP contribution in [0.25, 0.3) is 0 Å². The van der Waals surface area contributed by atoms with E-state index >= 15 is 0 Å². The summed E-state index contributed by atoms with van der Waals surface area (Å²) in [5.41, 5.74) is 0. The molecule has 5 rings (SSSR count). The Morgan fingerprint density at radius 1 is 0.574 bits per heavy atom. The highest BCUT2D eigenvalue weighted by Gasteiger charge is 2.35. The van der Waals surface area contributed by atoms with Crippen LogP contribution in [0.4, 0.5) is 0 Å². The number of hydrogen-bond acceptors (Lipinski definition) is 10. The fourth-order valence-electron chi connectivity index (χ4n) is 8.02. The molecule has 10 nitrogen and oxygen atoms in total. The van der Waals surface area contributed by atoms with Gasteiger partial charge in [0, 0.05) is 5.33 Å². The minimum Gasteiger partial charge on any atom is -0.483 e. The smallest absolute Gasteiger partial charge is 0.334 e. The van der Waals surface area contributed by atoms with Crippen molar-refractivity contribution in [3.05, 3.63) is 24.3 Å². The first-order valence-electron chi connectivity index (χ1n) is 21.2. The standard InChI is InChI=1S/C25H43N2O5P.C16H28BrO3P/c1-19(2)23-25(30-4)26-22(24(27-23)29-3)17-11-12-18-33(28,31-20-13-7-5-8-14-20)32-21-15-9-6-10-16-21;17-13-7-8-14-21(18,19-15-9-3-1-4-10-15)20-16-11-5-2-6-12-16/h11-12,19-23H,5-10,13-18H2,1-4H3;7-8,15-16H,1-6,9-14H2/t22-,23+;/m0./s1. The van der Waals surface area contributed by atoms with Crippen LogP contribution in [-0.2, 0) is 36.7 Å². The summed E-state index contributed by atoms with van der Waals surface area (Å²) in [6, 6.07) is -0.368. The molecule has 1 heterocycles. The van der Waals surface area contributed by atoms with E-state index in [0.717, 1.165) is 82.4 Å². The van der Waals surface area contributed by atoms with Gasteiger partial charge in [-0.25, -0.2) is 9.98 Å². The molecule has 54 heavy (non-hydrogen) atoms. The average molecular weight is 862 g/mol. The molecule has 2 atom stereocenters. The Labute approximate surface area is 335 Å². The van der Waals surface area contributed by atoms with E-state index in [1.165, 1.54) is 51.4 Å². The monoisotopic (exact) mass is 860 g/mol. The highest BCUT2D eigenvalue weighted by Crippen LogP contribution is 2.54. The third-order valence-electron chi connectivity index (χ3n) is 11.0. The van der Waals surface area contributed by atoms with Crippen molar-refractivity contribution in [1.29, 1.82) is 0 Å². The largest absolute Gasteiger partial charge is 0.483 e. The summed E-state index contributed by atoms with van der Waals surface area (Å²) in [6.45, 7) is 4.18. The second kappa shape index (κ2) is 24.9.